The molecule has 11 N–H and O–H groups in total. The van der Waals surface area contributed by atoms with Crippen molar-refractivity contribution in [1.29, 1.82) is 0 Å². The maximum absolute atomic E-state index is 13.9. The highest BCUT2D eigenvalue weighted by Crippen LogP contribution is 2.74. The number of amides is 3. The zero-order chi connectivity index (χ0) is 101. The number of carbonyl (C=O) groups is 8. The number of imidazole rings is 2. The number of fused-ring (bicyclic) bond motifs is 24. The number of Topliss-reactive ketones (excluding diaryl/α,β-unsaturated/α-hetero) is 1. The highest BCUT2D eigenvalue weighted by Gasteiger charge is 2.75. The number of pyridine rings is 1. The molecule has 3 aromatic carbocycles. The Morgan fingerprint density at radius 2 is 0.923 bits per heavy atom. The number of anilines is 3. The highest BCUT2D eigenvalue weighted by molar-refractivity contribution is 7.22. The number of rotatable bonds is 10. The van der Waals surface area contributed by atoms with E-state index in [1.165, 1.54) is 23.2 Å². The fourth-order valence-corrected chi connectivity index (χ4v) is 34.4. The van der Waals surface area contributed by atoms with Crippen molar-refractivity contribution in [2.75, 3.05) is 22.6 Å². The van der Waals surface area contributed by atoms with Gasteiger partial charge in [0.05, 0.1) is 62.4 Å². The Kier molecular flexibility index (Phi) is 24.3. The molecule has 8 aromatic rings. The largest absolute Gasteiger partial charge is 0.469 e. The summed E-state index contributed by atoms with van der Waals surface area (Å²) in [7, 11) is 3.70. The number of para-hydroxylation sites is 4. The van der Waals surface area contributed by atoms with E-state index in [1.807, 2.05) is 137 Å². The van der Waals surface area contributed by atoms with Crippen molar-refractivity contribution in [1.82, 2.24) is 39.0 Å². The molecule has 29 atom stereocenters. The fraction of sp³-hybridized carbons (Fsp3) is 0.554. The van der Waals surface area contributed by atoms with E-state index in [0.717, 1.165) is 114 Å². The monoisotopic (exact) mass is 2000 g/mol. The van der Waals surface area contributed by atoms with Gasteiger partial charge in [0.1, 0.15) is 33.5 Å². The average Bonchev–Trinajstić information content (AvgIpc) is 1.57. The first-order chi connectivity index (χ1) is 67.7. The van der Waals surface area contributed by atoms with Crippen LogP contribution >= 0.6 is 34.5 Å². The van der Waals surface area contributed by atoms with Crippen molar-refractivity contribution >= 4 is 142 Å². The van der Waals surface area contributed by atoms with Gasteiger partial charge in [0.25, 0.3) is 17.7 Å². The first-order valence-electron chi connectivity index (χ1n) is 51.2. The van der Waals surface area contributed by atoms with Crippen LogP contribution in [0, 0.1) is 120 Å². The van der Waals surface area contributed by atoms with E-state index < -0.39 is 97.4 Å². The molecular weight excluding hydrogens is 1870 g/mol. The van der Waals surface area contributed by atoms with Crippen LogP contribution in [0.25, 0.3) is 43.3 Å². The van der Waals surface area contributed by atoms with Crippen LogP contribution in [0.15, 0.2) is 168 Å². The molecule has 20 unspecified atom stereocenters. The number of ketones is 5. The average molecular weight is 2000 g/mol. The summed E-state index contributed by atoms with van der Waals surface area (Å²) < 4.78 is 9.49. The summed E-state index contributed by atoms with van der Waals surface area (Å²) in [5.41, 5.74) is -1.88. The number of aliphatic hydroxyl groups is 8. The van der Waals surface area contributed by atoms with E-state index >= 15 is 0 Å². The Bertz CT molecular complexity index is 6890. The Morgan fingerprint density at radius 1 is 0.483 bits per heavy atom. The van der Waals surface area contributed by atoms with Gasteiger partial charge in [-0.15, -0.1) is 0 Å². The predicted molar refractivity (Wildman–Crippen MR) is 541 cm³/mol. The van der Waals surface area contributed by atoms with Crippen LogP contribution < -0.4 is 20.7 Å². The predicted octanol–water partition coefficient (Wildman–Crippen LogP) is 16.0. The van der Waals surface area contributed by atoms with E-state index in [-0.39, 0.29) is 129 Å². The lowest BCUT2D eigenvalue weighted by Crippen LogP contribution is -2.63. The fourth-order valence-electron chi connectivity index (χ4n) is 33.1. The quantitative estimate of drug-likeness (QED) is 0.0606. The van der Waals surface area contributed by atoms with Crippen LogP contribution in [0.2, 0.25) is 10.0 Å². The lowest BCUT2D eigenvalue weighted by atomic mass is 9.45. The summed E-state index contributed by atoms with van der Waals surface area (Å²) in [5.74, 6) is 0.117. The Hall–Kier alpha value is -10.0. The van der Waals surface area contributed by atoms with Gasteiger partial charge in [0.2, 0.25) is 23.6 Å². The molecule has 0 saturated heterocycles. The summed E-state index contributed by atoms with van der Waals surface area (Å²) in [6.45, 7) is 18.0. The van der Waals surface area contributed by atoms with Crippen LogP contribution in [-0.2, 0) is 52.5 Å². The lowest BCUT2D eigenvalue weighted by molar-refractivity contribution is -0.179. The number of hydrogen-bond donors (Lipinski definition) is 11. The van der Waals surface area contributed by atoms with Crippen LogP contribution in [0.4, 0.5) is 17.0 Å². The van der Waals surface area contributed by atoms with Gasteiger partial charge >= 0.3 is 0 Å². The molecule has 0 aliphatic heterocycles. The number of aromatic nitrogens is 8. The molecule has 0 bridgehead atoms. The van der Waals surface area contributed by atoms with Crippen molar-refractivity contribution in [2.45, 2.75) is 244 Å². The van der Waals surface area contributed by atoms with E-state index in [1.54, 1.807) is 60.9 Å². The molecule has 16 aliphatic rings. The first kappa shape index (κ1) is 99.0. The Morgan fingerprint density at radius 3 is 1.43 bits per heavy atom. The third kappa shape index (κ3) is 15.0. The number of nitrogens with one attached hydrogen (secondary N) is 3. The number of carbonyl (C=O) groups excluding carboxylic acids is 8. The molecule has 12 saturated carbocycles. The van der Waals surface area contributed by atoms with Gasteiger partial charge in [-0.05, 0) is 284 Å². The highest BCUT2D eigenvalue weighted by atomic mass is 35.5. The minimum atomic E-state index is -1.64. The zero-order valence-corrected chi connectivity index (χ0v) is 85.0. The number of halogens is 2. The van der Waals surface area contributed by atoms with Crippen molar-refractivity contribution < 1.29 is 83.9 Å². The van der Waals surface area contributed by atoms with Gasteiger partial charge in [0, 0.05) is 87.4 Å². The van der Waals surface area contributed by atoms with Gasteiger partial charge in [-0.25, -0.2) is 29.9 Å². The number of thiazole rings is 1. The number of aryl methyl sites for hydroxylation is 2. The Balaban J connectivity index is 0.000000113. The van der Waals surface area contributed by atoms with Gasteiger partial charge in [0.15, 0.2) is 40.5 Å². The molecule has 754 valence electrons. The van der Waals surface area contributed by atoms with E-state index in [0.29, 0.717) is 108 Å². The van der Waals surface area contributed by atoms with Crippen LogP contribution in [0.3, 0.4) is 0 Å². The second-order valence-corrected chi connectivity index (χ2v) is 48.5. The summed E-state index contributed by atoms with van der Waals surface area (Å²) in [6, 6.07) is 22.2. The van der Waals surface area contributed by atoms with Gasteiger partial charge < -0.3 is 54.7 Å². The first-order valence-corrected chi connectivity index (χ1v) is 52.7. The summed E-state index contributed by atoms with van der Waals surface area (Å²) >= 11 is 13.7. The maximum atomic E-state index is 13.9. The number of aliphatic hydroxyl groups excluding tert-OH is 4. The van der Waals surface area contributed by atoms with E-state index in [2.05, 4.69) is 73.5 Å². The van der Waals surface area contributed by atoms with E-state index in [9.17, 15) is 79.2 Å². The molecule has 31 heteroatoms. The number of nitrogens with zero attached hydrogens (tertiary/aromatic N) is 8. The van der Waals surface area contributed by atoms with Gasteiger partial charge in [-0.3, -0.25) is 54.3 Å². The standard InChI is InChI=1S/C29H30Cl2N2O5.C29H35N3O4.C28H33N3O4.C26H31N3O4S/c1-27-7-5-17(34)9-15(27)3-4-18-20-6-8-29(37,28(20,2)12-22(35)24(18)27)23(36)13-38-26-19-10-16(30)11-21(31)25(19)32-14-33-26;1-16-13-20-19-10-9-17-14-18(33)11-12-27(17,2)24(19)23(34)15-28(20,3)29(16,36)25(35)31-26-30-21-7-5-6-8-22(21)32(26)4;1-26-12-10-17(32)14-16(26)8-9-18-19-11-13-28(35,27(19,2)15-22(33)23(18)26)24(34)30-25-29-20-6-4-5-7-21(20)31(25)3;1-24-9-7-15(30)12-14(24)5-6-16-17-8-10-26(33,25(17,2)13-19(31)20(16)24)22(32)29-23-28-18-4-3-11-27-21(18)34-23/h5,7,9-11,14,18,20,22,24,35,37H,3-4,6,8,12-13H2,1-2H3;5-8,11-12,14,16,19-20,23-24,34,36H,9-10,13,15H2,1-4H3,(H,30,31,35);4-7,10,12,14,18-19,22-23,33,35H,8-9,11,13,15H2,1-3H3,(H,29,30,34);3-4,11-12,16-17,19-20,31,33H,5-10,13H2,1-2H3,(H,28,29,32)/t18?,20?,22-,24?,27?,28?,29-;16-,19?,20?,23+,24?,27?,28?,29+;18?,19?,22-,23?,26?,27?,28-;16?,17?,19-,20?,24?,25?,26-/m0100/s1. The summed E-state index contributed by atoms with van der Waals surface area (Å²) in [4.78, 5) is 130. The molecule has 0 radical (unpaired) electrons. The Labute approximate surface area is 844 Å². The van der Waals surface area contributed by atoms with Crippen LogP contribution in [0.1, 0.15) is 197 Å². The second kappa shape index (κ2) is 35.1. The number of ether oxygens (including phenoxy) is 1. The normalized spacial score (nSPS) is 40.2. The van der Waals surface area contributed by atoms with Crippen LogP contribution in [-0.4, -0.2) is 180 Å². The molecule has 28 nitrogen and oxygen atoms in total. The van der Waals surface area contributed by atoms with Crippen molar-refractivity contribution in [3.05, 3.63) is 178 Å². The third-order valence-electron chi connectivity index (χ3n) is 40.4. The zero-order valence-electron chi connectivity index (χ0n) is 82.7. The maximum Gasteiger partial charge on any atom is 0.259 e. The molecule has 24 rings (SSSR count). The number of hydrogen-bond acceptors (Lipinski definition) is 24. The second-order valence-electron chi connectivity index (χ2n) is 46.7. The SMILES string of the molecule is CC12C=CC(=O)C=C1CCC1C2[C@@H](O)CC2(C)C1CC[C@]2(O)C(=O)COc1ncnc2c(Cl)cc(Cl)cc12.CC12CCC(=O)C=C1CCC1C2[C@@H](O)CC2(C)C1CC[C@]2(O)C(=O)Nc1nc2cccnc2s1.C[C@@H]1CC2C3CCC4=CC(=O)C=CC4(C)C3[C@@H](O)CC2(C)[C@@]1(O)C(=O)Nc1nc2ccccc2n1C.Cn1c(NC(=O)[C@@]2(O)CCC3C4CCC5=CC(=O)C=CC5(C)C4[C@@H](O)CC32C)nc2ccccc21. The van der Waals surface area contributed by atoms with Gasteiger partial charge in [-0.1, -0.05) is 162 Å². The molecule has 5 aromatic heterocycles. The number of benzene rings is 3. The molecular formula is C112H129Cl2N11O17S. The molecule has 0 spiro atoms. The van der Waals surface area contributed by atoms with Crippen molar-refractivity contribution in [2.24, 2.45) is 134 Å². The van der Waals surface area contributed by atoms with Gasteiger partial charge in [-0.2, -0.15) is 0 Å². The topological polar surface area (TPSA) is 431 Å². The molecule has 5 heterocycles. The van der Waals surface area contributed by atoms with Crippen molar-refractivity contribution in [3.63, 3.8) is 0 Å². The molecule has 12 fully saturated rings. The third-order valence-corrected chi connectivity index (χ3v) is 41.8. The minimum absolute atomic E-state index is 0.00657. The summed E-state index contributed by atoms with van der Waals surface area (Å²) in [6.07, 6.45) is 31.3. The minimum Gasteiger partial charge on any atom is -0.469 e. The van der Waals surface area contributed by atoms with E-state index in [4.69, 9.17) is 27.9 Å². The van der Waals surface area contributed by atoms with Crippen molar-refractivity contribution in [3.8, 4) is 5.88 Å². The smallest absolute Gasteiger partial charge is 0.259 e. The molecule has 3 amide bonds. The van der Waals surface area contributed by atoms with Crippen LogP contribution in [0.5, 0.6) is 5.88 Å². The summed E-state index contributed by atoms with van der Waals surface area (Å²) in [5, 5.41) is 105. The lowest BCUT2D eigenvalue weighted by Gasteiger charge is -2.60. The molecule has 16 aliphatic carbocycles. The number of allylic oxidation sites excluding steroid dienone is 13. The molecule has 143 heavy (non-hydrogen) atoms.